The maximum atomic E-state index is 6.14. The summed E-state index contributed by atoms with van der Waals surface area (Å²) in [6.45, 7) is 0. The Morgan fingerprint density at radius 1 is 1.24 bits per heavy atom. The molecule has 2 rings (SSSR count). The third-order valence-electron chi connectivity index (χ3n) is 2.65. The minimum absolute atomic E-state index is 0.230. The van der Waals surface area contributed by atoms with Crippen LogP contribution in [0.4, 0.5) is 0 Å². The van der Waals surface area contributed by atoms with Crippen LogP contribution in [0.2, 0.25) is 0 Å². The molecule has 0 saturated heterocycles. The van der Waals surface area contributed by atoms with Crippen molar-refractivity contribution in [1.29, 1.82) is 0 Å². The van der Waals surface area contributed by atoms with Crippen LogP contribution in [-0.2, 0) is 12.8 Å². The fraction of sp³-hybridized carbons (Fsp3) is 0.308. The third-order valence-corrected chi connectivity index (χ3v) is 4.29. The van der Waals surface area contributed by atoms with Gasteiger partial charge in [-0.3, -0.25) is 4.98 Å². The number of aryl methyl sites for hydroxylation is 1. The highest BCUT2D eigenvalue weighted by molar-refractivity contribution is 9.11. The van der Waals surface area contributed by atoms with Gasteiger partial charge in [-0.25, -0.2) is 0 Å². The van der Waals surface area contributed by atoms with E-state index >= 15 is 0 Å². The molecule has 1 unspecified atom stereocenters. The van der Waals surface area contributed by atoms with E-state index in [0.717, 1.165) is 19.3 Å². The Hall–Kier alpha value is -0.710. The molecule has 2 aromatic rings. The van der Waals surface area contributed by atoms with E-state index in [1.165, 1.54) is 14.2 Å². The van der Waals surface area contributed by atoms with Gasteiger partial charge in [0.1, 0.15) is 0 Å². The Bertz CT molecular complexity index is 455. The largest absolute Gasteiger partial charge is 0.327 e. The number of hydrogen-bond acceptors (Lipinski definition) is 3. The first-order chi connectivity index (χ1) is 8.24. The fourth-order valence-corrected chi connectivity index (χ4v) is 3.30. The summed E-state index contributed by atoms with van der Waals surface area (Å²) in [5.41, 5.74) is 7.45. The smallest absolute Gasteiger partial charge is 0.0701 e. The first-order valence-electron chi connectivity index (χ1n) is 5.63. The number of thiophene rings is 1. The zero-order chi connectivity index (χ0) is 12.1. The van der Waals surface area contributed by atoms with Gasteiger partial charge in [-0.15, -0.1) is 11.3 Å². The van der Waals surface area contributed by atoms with Gasteiger partial charge in [0.15, 0.2) is 0 Å². The molecule has 2 N–H and O–H groups in total. The van der Waals surface area contributed by atoms with Crippen molar-refractivity contribution in [2.24, 2.45) is 5.73 Å². The predicted octanol–water partition coefficient (Wildman–Crippen LogP) is 3.41. The topological polar surface area (TPSA) is 38.9 Å². The fourth-order valence-electron chi connectivity index (χ4n) is 1.72. The molecule has 4 heteroatoms. The lowest BCUT2D eigenvalue weighted by Crippen LogP contribution is -2.23. The van der Waals surface area contributed by atoms with Crippen LogP contribution in [-0.4, -0.2) is 11.0 Å². The number of pyridine rings is 1. The zero-order valence-electron chi connectivity index (χ0n) is 9.47. The molecule has 0 amide bonds. The summed E-state index contributed by atoms with van der Waals surface area (Å²) < 4.78 is 1.17. The predicted molar refractivity (Wildman–Crippen MR) is 76.3 cm³/mol. The Balaban J connectivity index is 1.80. The lowest BCUT2D eigenvalue weighted by molar-refractivity contribution is 0.614. The highest BCUT2D eigenvalue weighted by Gasteiger charge is 2.06. The van der Waals surface area contributed by atoms with E-state index in [4.69, 9.17) is 5.73 Å². The maximum Gasteiger partial charge on any atom is 0.0701 e. The molecule has 2 heterocycles. The second-order valence-electron chi connectivity index (χ2n) is 4.06. The van der Waals surface area contributed by atoms with E-state index < -0.39 is 0 Å². The van der Waals surface area contributed by atoms with Crippen molar-refractivity contribution in [2.75, 3.05) is 0 Å². The van der Waals surface area contributed by atoms with E-state index in [1.807, 2.05) is 12.4 Å². The van der Waals surface area contributed by atoms with Gasteiger partial charge in [0, 0.05) is 23.3 Å². The average Bonchev–Trinajstić information content (AvgIpc) is 2.73. The Morgan fingerprint density at radius 3 is 2.65 bits per heavy atom. The van der Waals surface area contributed by atoms with E-state index in [9.17, 15) is 0 Å². The molecule has 0 fully saturated rings. The summed E-state index contributed by atoms with van der Waals surface area (Å²) in [7, 11) is 0. The zero-order valence-corrected chi connectivity index (χ0v) is 11.9. The second kappa shape index (κ2) is 6.28. The highest BCUT2D eigenvalue weighted by Crippen LogP contribution is 2.23. The van der Waals surface area contributed by atoms with Crippen molar-refractivity contribution >= 4 is 27.3 Å². The molecule has 0 aliphatic rings. The molecular weight excluding hydrogens is 296 g/mol. The van der Waals surface area contributed by atoms with Crippen LogP contribution < -0.4 is 5.73 Å². The number of hydrogen-bond donors (Lipinski definition) is 1. The van der Waals surface area contributed by atoms with Gasteiger partial charge in [0.2, 0.25) is 0 Å². The van der Waals surface area contributed by atoms with Crippen molar-refractivity contribution in [3.8, 4) is 0 Å². The Labute approximate surface area is 114 Å². The average molecular weight is 311 g/mol. The molecule has 90 valence electrons. The quantitative estimate of drug-likeness (QED) is 0.919. The standard InChI is InChI=1S/C13H15BrN2S/c14-13-4-3-12(17-13)9-11(15)2-1-10-5-7-16-8-6-10/h3-8,11H,1-2,9,15H2. The minimum atomic E-state index is 0.230. The number of aromatic nitrogens is 1. The summed E-state index contributed by atoms with van der Waals surface area (Å²) in [4.78, 5) is 5.35. The monoisotopic (exact) mass is 310 g/mol. The summed E-state index contributed by atoms with van der Waals surface area (Å²) in [6.07, 6.45) is 6.66. The van der Waals surface area contributed by atoms with Crippen molar-refractivity contribution in [1.82, 2.24) is 4.98 Å². The molecule has 0 spiro atoms. The van der Waals surface area contributed by atoms with Gasteiger partial charge >= 0.3 is 0 Å². The van der Waals surface area contributed by atoms with E-state index in [1.54, 1.807) is 11.3 Å². The summed E-state index contributed by atoms with van der Waals surface area (Å²) in [6, 6.07) is 8.55. The van der Waals surface area contributed by atoms with E-state index in [-0.39, 0.29) is 6.04 Å². The number of nitrogens with two attached hydrogens (primary N) is 1. The Morgan fingerprint density at radius 2 is 2.00 bits per heavy atom. The molecule has 0 aliphatic carbocycles. The van der Waals surface area contributed by atoms with Crippen LogP contribution >= 0.6 is 27.3 Å². The lowest BCUT2D eigenvalue weighted by Gasteiger charge is -2.09. The maximum absolute atomic E-state index is 6.14. The third kappa shape index (κ3) is 4.22. The van der Waals surface area contributed by atoms with Crippen molar-refractivity contribution in [3.05, 3.63) is 50.9 Å². The number of rotatable bonds is 5. The highest BCUT2D eigenvalue weighted by atomic mass is 79.9. The summed E-state index contributed by atoms with van der Waals surface area (Å²) in [5.74, 6) is 0. The summed E-state index contributed by atoms with van der Waals surface area (Å²) in [5, 5.41) is 0. The van der Waals surface area contributed by atoms with Gasteiger partial charge in [-0.1, -0.05) is 0 Å². The molecule has 17 heavy (non-hydrogen) atoms. The van der Waals surface area contributed by atoms with Crippen LogP contribution in [0, 0.1) is 0 Å². The van der Waals surface area contributed by atoms with Gasteiger partial charge < -0.3 is 5.73 Å². The van der Waals surface area contributed by atoms with Crippen LogP contribution in [0.15, 0.2) is 40.4 Å². The van der Waals surface area contributed by atoms with Gasteiger partial charge in [0.25, 0.3) is 0 Å². The first-order valence-corrected chi connectivity index (χ1v) is 7.23. The number of halogens is 1. The second-order valence-corrected chi connectivity index (χ2v) is 6.61. The van der Waals surface area contributed by atoms with Crippen molar-refractivity contribution in [2.45, 2.75) is 25.3 Å². The van der Waals surface area contributed by atoms with E-state index in [2.05, 4.69) is 45.2 Å². The van der Waals surface area contributed by atoms with Crippen LogP contribution in [0.1, 0.15) is 16.9 Å². The molecule has 0 bridgehead atoms. The SMILES string of the molecule is NC(CCc1ccncc1)Cc1ccc(Br)s1. The minimum Gasteiger partial charge on any atom is -0.327 e. The molecule has 0 radical (unpaired) electrons. The molecule has 0 aromatic carbocycles. The molecule has 2 aromatic heterocycles. The van der Waals surface area contributed by atoms with Crippen LogP contribution in [0.3, 0.4) is 0 Å². The van der Waals surface area contributed by atoms with Gasteiger partial charge in [-0.05, 0) is 65.0 Å². The van der Waals surface area contributed by atoms with Gasteiger partial charge in [-0.2, -0.15) is 0 Å². The van der Waals surface area contributed by atoms with Crippen molar-refractivity contribution < 1.29 is 0 Å². The molecular formula is C13H15BrN2S. The lowest BCUT2D eigenvalue weighted by atomic mass is 10.0. The van der Waals surface area contributed by atoms with Crippen molar-refractivity contribution in [3.63, 3.8) is 0 Å². The molecule has 1 atom stereocenters. The molecule has 0 saturated carbocycles. The summed E-state index contributed by atoms with van der Waals surface area (Å²) >= 11 is 5.23. The normalized spacial score (nSPS) is 12.6. The van der Waals surface area contributed by atoms with Crippen LogP contribution in [0.5, 0.6) is 0 Å². The van der Waals surface area contributed by atoms with Gasteiger partial charge in [0.05, 0.1) is 3.79 Å². The molecule has 2 nitrogen and oxygen atoms in total. The first kappa shape index (κ1) is 12.7. The van der Waals surface area contributed by atoms with E-state index in [0.29, 0.717) is 0 Å². The molecule has 0 aliphatic heterocycles. The van der Waals surface area contributed by atoms with Crippen LogP contribution in [0.25, 0.3) is 0 Å². The number of nitrogens with zero attached hydrogens (tertiary/aromatic N) is 1. The Kier molecular flexibility index (Phi) is 4.71.